The molecule has 0 radical (unpaired) electrons. The van der Waals surface area contributed by atoms with Gasteiger partial charge in [0.05, 0.1) is 12.1 Å². The number of rotatable bonds is 6. The molecule has 5 heteroatoms. The molecule has 15 heavy (non-hydrogen) atoms. The summed E-state index contributed by atoms with van der Waals surface area (Å²) in [5.74, 6) is -1.19. The molecule has 84 valence electrons. The number of nitrogens with zero attached hydrogens (tertiary/aromatic N) is 2. The van der Waals surface area contributed by atoms with E-state index < -0.39 is 11.9 Å². The molecule has 1 aromatic rings. The molecule has 0 aliphatic heterocycles. The largest absolute Gasteiger partial charge is 0.481 e. The van der Waals surface area contributed by atoms with Crippen molar-refractivity contribution in [2.45, 2.75) is 26.3 Å². The number of aliphatic carboxylic acids is 1. The summed E-state index contributed by atoms with van der Waals surface area (Å²) in [6, 6.07) is 0. The average Bonchev–Trinajstić information content (AvgIpc) is 2.65. The summed E-state index contributed by atoms with van der Waals surface area (Å²) in [5.41, 5.74) is 6.32. The zero-order valence-corrected chi connectivity index (χ0v) is 8.89. The molecule has 3 N–H and O–H groups in total. The van der Waals surface area contributed by atoms with Crippen LogP contribution in [-0.2, 0) is 17.8 Å². The second kappa shape index (κ2) is 5.50. The number of aryl methyl sites for hydroxylation is 1. The van der Waals surface area contributed by atoms with Crippen molar-refractivity contribution in [3.8, 4) is 0 Å². The lowest BCUT2D eigenvalue weighted by Gasteiger charge is -2.08. The van der Waals surface area contributed by atoms with Crippen LogP contribution >= 0.6 is 0 Å². The summed E-state index contributed by atoms with van der Waals surface area (Å²) in [4.78, 5) is 10.9. The van der Waals surface area contributed by atoms with Crippen LogP contribution in [0.1, 0.15) is 18.9 Å². The summed E-state index contributed by atoms with van der Waals surface area (Å²) >= 11 is 0. The van der Waals surface area contributed by atoms with Gasteiger partial charge in [-0.3, -0.25) is 9.48 Å². The van der Waals surface area contributed by atoms with Crippen LogP contribution < -0.4 is 5.73 Å². The highest BCUT2D eigenvalue weighted by atomic mass is 16.4. The van der Waals surface area contributed by atoms with Crippen LogP contribution in [0, 0.1) is 5.92 Å². The molecule has 0 amide bonds. The first-order chi connectivity index (χ1) is 7.17. The summed E-state index contributed by atoms with van der Waals surface area (Å²) in [5, 5.41) is 13.0. The van der Waals surface area contributed by atoms with Gasteiger partial charge < -0.3 is 10.8 Å². The first-order valence-electron chi connectivity index (χ1n) is 5.11. The van der Waals surface area contributed by atoms with Gasteiger partial charge in [0.15, 0.2) is 0 Å². The third kappa shape index (κ3) is 3.36. The molecular weight excluding hydrogens is 194 g/mol. The van der Waals surface area contributed by atoms with E-state index in [0.29, 0.717) is 19.4 Å². The second-order valence-corrected chi connectivity index (χ2v) is 3.52. The predicted octanol–water partition coefficient (Wildman–Crippen LogP) is 0.495. The molecule has 0 aliphatic rings. The van der Waals surface area contributed by atoms with E-state index in [4.69, 9.17) is 10.8 Å². The minimum Gasteiger partial charge on any atom is -0.481 e. The Balaban J connectivity index is 2.61. The van der Waals surface area contributed by atoms with Crippen LogP contribution in [0.2, 0.25) is 0 Å². The Bertz CT molecular complexity index is 322. The first kappa shape index (κ1) is 11.7. The highest BCUT2D eigenvalue weighted by Crippen LogP contribution is 2.11. The number of carboxylic acid groups (broad SMARTS) is 1. The average molecular weight is 211 g/mol. The van der Waals surface area contributed by atoms with Gasteiger partial charge in [-0.05, 0) is 31.9 Å². The number of hydrogen-bond acceptors (Lipinski definition) is 3. The summed E-state index contributed by atoms with van der Waals surface area (Å²) in [7, 11) is 0. The fraction of sp³-hybridized carbons (Fsp3) is 0.600. The smallest absolute Gasteiger partial charge is 0.306 e. The Morgan fingerprint density at radius 2 is 2.47 bits per heavy atom. The van der Waals surface area contributed by atoms with E-state index in [1.54, 1.807) is 10.9 Å². The van der Waals surface area contributed by atoms with E-state index in [-0.39, 0.29) is 0 Å². The van der Waals surface area contributed by atoms with Gasteiger partial charge in [-0.15, -0.1) is 0 Å². The maximum atomic E-state index is 10.9. The number of hydrogen-bond donors (Lipinski definition) is 2. The van der Waals surface area contributed by atoms with Gasteiger partial charge in [-0.25, -0.2) is 0 Å². The lowest BCUT2D eigenvalue weighted by Crippen LogP contribution is -2.20. The van der Waals surface area contributed by atoms with E-state index in [9.17, 15) is 4.79 Å². The molecule has 0 bridgehead atoms. The van der Waals surface area contributed by atoms with Gasteiger partial charge in [0.1, 0.15) is 0 Å². The number of aromatic nitrogens is 2. The lowest BCUT2D eigenvalue weighted by atomic mass is 9.98. The van der Waals surface area contributed by atoms with Crippen molar-refractivity contribution in [3.05, 3.63) is 18.0 Å². The molecule has 1 aromatic heterocycles. The van der Waals surface area contributed by atoms with Gasteiger partial charge in [0.2, 0.25) is 0 Å². The van der Waals surface area contributed by atoms with Gasteiger partial charge in [-0.1, -0.05) is 0 Å². The number of carboxylic acids is 1. The Labute approximate surface area is 88.9 Å². The predicted molar refractivity (Wildman–Crippen MR) is 56.4 cm³/mol. The molecule has 1 atom stereocenters. The molecule has 1 unspecified atom stereocenters. The summed E-state index contributed by atoms with van der Waals surface area (Å²) in [6.07, 6.45) is 4.61. The Kier molecular flexibility index (Phi) is 4.30. The Morgan fingerprint density at radius 1 is 1.73 bits per heavy atom. The minimum atomic E-state index is -0.787. The van der Waals surface area contributed by atoms with Crippen LogP contribution in [0.15, 0.2) is 12.4 Å². The van der Waals surface area contributed by atoms with Crippen LogP contribution in [0.3, 0.4) is 0 Å². The van der Waals surface area contributed by atoms with Crippen LogP contribution in [-0.4, -0.2) is 27.4 Å². The van der Waals surface area contributed by atoms with E-state index >= 15 is 0 Å². The summed E-state index contributed by atoms with van der Waals surface area (Å²) < 4.78 is 1.79. The number of nitrogens with two attached hydrogens (primary N) is 1. The first-order valence-corrected chi connectivity index (χ1v) is 5.11. The zero-order valence-electron chi connectivity index (χ0n) is 8.89. The van der Waals surface area contributed by atoms with Crippen molar-refractivity contribution < 1.29 is 9.90 Å². The third-order valence-corrected chi connectivity index (χ3v) is 2.36. The fourth-order valence-corrected chi connectivity index (χ4v) is 1.48. The normalized spacial score (nSPS) is 12.7. The van der Waals surface area contributed by atoms with Gasteiger partial charge in [0, 0.05) is 12.7 Å². The van der Waals surface area contributed by atoms with E-state index in [0.717, 1.165) is 12.1 Å². The number of carbonyl (C=O) groups is 1. The highest BCUT2D eigenvalue weighted by molar-refractivity contribution is 5.70. The quantitative estimate of drug-likeness (QED) is 0.717. The molecule has 1 rings (SSSR count). The van der Waals surface area contributed by atoms with E-state index in [2.05, 4.69) is 5.10 Å². The SMILES string of the molecule is CCn1cc(CC(CCN)C(=O)O)cn1. The molecule has 0 fully saturated rings. The van der Waals surface area contributed by atoms with Crippen molar-refractivity contribution in [2.75, 3.05) is 6.54 Å². The molecular formula is C10H17N3O2. The fourth-order valence-electron chi connectivity index (χ4n) is 1.48. The maximum Gasteiger partial charge on any atom is 0.306 e. The molecule has 0 aromatic carbocycles. The molecule has 0 spiro atoms. The van der Waals surface area contributed by atoms with Crippen molar-refractivity contribution in [1.29, 1.82) is 0 Å². The standard InChI is InChI=1S/C10H17N3O2/c1-2-13-7-8(6-12-13)5-9(3-4-11)10(14)15/h6-7,9H,2-5,11H2,1H3,(H,14,15). The summed E-state index contributed by atoms with van der Waals surface area (Å²) in [6.45, 7) is 3.19. The minimum absolute atomic E-state index is 0.399. The van der Waals surface area contributed by atoms with Crippen molar-refractivity contribution in [1.82, 2.24) is 9.78 Å². The second-order valence-electron chi connectivity index (χ2n) is 3.52. The third-order valence-electron chi connectivity index (χ3n) is 2.36. The van der Waals surface area contributed by atoms with E-state index in [1.165, 1.54) is 0 Å². The Hall–Kier alpha value is -1.36. The van der Waals surface area contributed by atoms with Crippen LogP contribution in [0.25, 0.3) is 0 Å². The Morgan fingerprint density at radius 3 is 2.93 bits per heavy atom. The monoisotopic (exact) mass is 211 g/mol. The lowest BCUT2D eigenvalue weighted by molar-refractivity contribution is -0.141. The van der Waals surface area contributed by atoms with Crippen LogP contribution in [0.5, 0.6) is 0 Å². The molecule has 0 saturated heterocycles. The van der Waals surface area contributed by atoms with Gasteiger partial charge >= 0.3 is 5.97 Å². The topological polar surface area (TPSA) is 81.1 Å². The van der Waals surface area contributed by atoms with Crippen molar-refractivity contribution >= 4 is 5.97 Å². The van der Waals surface area contributed by atoms with Crippen molar-refractivity contribution in [3.63, 3.8) is 0 Å². The molecule has 1 heterocycles. The van der Waals surface area contributed by atoms with Crippen molar-refractivity contribution in [2.24, 2.45) is 11.7 Å². The van der Waals surface area contributed by atoms with E-state index in [1.807, 2.05) is 13.1 Å². The maximum absolute atomic E-state index is 10.9. The molecule has 0 aliphatic carbocycles. The molecule has 5 nitrogen and oxygen atoms in total. The molecule has 0 saturated carbocycles. The van der Waals surface area contributed by atoms with Gasteiger partial charge in [-0.2, -0.15) is 5.10 Å². The van der Waals surface area contributed by atoms with Gasteiger partial charge in [0.25, 0.3) is 0 Å². The zero-order chi connectivity index (χ0) is 11.3. The highest BCUT2D eigenvalue weighted by Gasteiger charge is 2.17. The van der Waals surface area contributed by atoms with Crippen LogP contribution in [0.4, 0.5) is 0 Å².